The Labute approximate surface area is 119 Å². The lowest BCUT2D eigenvalue weighted by atomic mass is 10.3. The number of rotatable bonds is 4. The summed E-state index contributed by atoms with van der Waals surface area (Å²) in [7, 11) is 0. The Kier molecular flexibility index (Phi) is 4.15. The third kappa shape index (κ3) is 4.23. The van der Waals surface area contributed by atoms with Gasteiger partial charge in [-0.1, -0.05) is 19.1 Å². The largest absolute Gasteiger partial charge is 0.573 e. The van der Waals surface area contributed by atoms with Gasteiger partial charge in [0.2, 0.25) is 0 Å². The van der Waals surface area contributed by atoms with Gasteiger partial charge < -0.3 is 15.8 Å². The second-order valence-electron chi connectivity index (χ2n) is 4.12. The minimum atomic E-state index is -4.77. The normalized spacial score (nSPS) is 11.2. The molecular formula is C13H13F3N4O. The summed E-state index contributed by atoms with van der Waals surface area (Å²) in [6, 6.07) is 7.12. The SMILES string of the molecule is CCc1nc(N)cc(Nc2ccccc2OC(F)(F)F)n1. The van der Waals surface area contributed by atoms with Crippen LogP contribution in [0.1, 0.15) is 12.7 Å². The van der Waals surface area contributed by atoms with Crippen molar-refractivity contribution in [2.75, 3.05) is 11.1 Å². The quantitative estimate of drug-likeness (QED) is 0.906. The number of benzene rings is 1. The summed E-state index contributed by atoms with van der Waals surface area (Å²) in [6.07, 6.45) is -4.21. The van der Waals surface area contributed by atoms with Gasteiger partial charge in [-0.3, -0.25) is 0 Å². The summed E-state index contributed by atoms with van der Waals surface area (Å²) in [5, 5.41) is 2.75. The van der Waals surface area contributed by atoms with Crippen LogP contribution in [-0.4, -0.2) is 16.3 Å². The third-order valence-corrected chi connectivity index (χ3v) is 2.48. The van der Waals surface area contributed by atoms with Crippen LogP contribution in [0.5, 0.6) is 5.75 Å². The first kappa shape index (κ1) is 14.9. The number of hydrogen-bond donors (Lipinski definition) is 2. The van der Waals surface area contributed by atoms with Crippen molar-refractivity contribution in [3.8, 4) is 5.75 Å². The van der Waals surface area contributed by atoms with Crippen LogP contribution in [0, 0.1) is 0 Å². The van der Waals surface area contributed by atoms with Crippen molar-refractivity contribution in [1.82, 2.24) is 9.97 Å². The monoisotopic (exact) mass is 298 g/mol. The Hall–Kier alpha value is -2.51. The van der Waals surface area contributed by atoms with Gasteiger partial charge in [0, 0.05) is 12.5 Å². The van der Waals surface area contributed by atoms with E-state index in [0.717, 1.165) is 0 Å². The smallest absolute Gasteiger partial charge is 0.404 e. The van der Waals surface area contributed by atoms with E-state index >= 15 is 0 Å². The fourth-order valence-corrected chi connectivity index (χ4v) is 1.66. The number of hydrogen-bond acceptors (Lipinski definition) is 5. The standard InChI is InChI=1S/C13H13F3N4O/c1-2-11-19-10(17)7-12(20-11)18-8-5-3-4-6-9(8)21-13(14,15)16/h3-7H,2H2,1H3,(H3,17,18,19,20). The summed E-state index contributed by atoms with van der Waals surface area (Å²) >= 11 is 0. The summed E-state index contributed by atoms with van der Waals surface area (Å²) in [5.41, 5.74) is 5.76. The molecule has 2 rings (SSSR count). The minimum absolute atomic E-state index is 0.134. The van der Waals surface area contributed by atoms with Crippen molar-refractivity contribution < 1.29 is 17.9 Å². The van der Waals surface area contributed by atoms with Gasteiger partial charge in [-0.15, -0.1) is 13.2 Å². The number of nitrogens with one attached hydrogen (secondary N) is 1. The van der Waals surface area contributed by atoms with E-state index in [9.17, 15) is 13.2 Å². The Morgan fingerprint density at radius 3 is 2.62 bits per heavy atom. The van der Waals surface area contributed by atoms with Crippen LogP contribution in [-0.2, 0) is 6.42 Å². The molecule has 1 heterocycles. The van der Waals surface area contributed by atoms with Gasteiger partial charge in [0.05, 0.1) is 5.69 Å². The van der Waals surface area contributed by atoms with Crippen molar-refractivity contribution in [2.45, 2.75) is 19.7 Å². The fourth-order valence-electron chi connectivity index (χ4n) is 1.66. The van der Waals surface area contributed by atoms with Gasteiger partial charge in [-0.05, 0) is 12.1 Å². The number of anilines is 3. The van der Waals surface area contributed by atoms with Gasteiger partial charge in [0.15, 0.2) is 5.75 Å². The molecule has 0 fully saturated rings. The third-order valence-electron chi connectivity index (χ3n) is 2.48. The molecule has 112 valence electrons. The maximum absolute atomic E-state index is 12.3. The zero-order valence-corrected chi connectivity index (χ0v) is 11.1. The summed E-state index contributed by atoms with van der Waals surface area (Å²) < 4.78 is 41.0. The van der Waals surface area contributed by atoms with Crippen molar-refractivity contribution in [3.05, 3.63) is 36.2 Å². The minimum Gasteiger partial charge on any atom is -0.404 e. The van der Waals surface area contributed by atoms with E-state index < -0.39 is 6.36 Å². The lowest BCUT2D eigenvalue weighted by Gasteiger charge is -2.14. The summed E-state index contributed by atoms with van der Waals surface area (Å²) in [4.78, 5) is 8.14. The summed E-state index contributed by atoms with van der Waals surface area (Å²) in [6.45, 7) is 1.85. The van der Waals surface area contributed by atoms with Gasteiger partial charge in [-0.25, -0.2) is 9.97 Å². The zero-order valence-electron chi connectivity index (χ0n) is 11.1. The maximum atomic E-state index is 12.3. The molecule has 0 saturated carbocycles. The van der Waals surface area contributed by atoms with Crippen LogP contribution in [0.25, 0.3) is 0 Å². The first-order valence-electron chi connectivity index (χ1n) is 6.12. The molecule has 0 aliphatic carbocycles. The number of para-hydroxylation sites is 2. The van der Waals surface area contributed by atoms with E-state index in [0.29, 0.717) is 18.1 Å². The number of nitrogens with zero attached hydrogens (tertiary/aromatic N) is 2. The zero-order chi connectivity index (χ0) is 15.5. The average molecular weight is 298 g/mol. The number of alkyl halides is 3. The van der Waals surface area contributed by atoms with E-state index in [1.165, 1.54) is 24.3 Å². The topological polar surface area (TPSA) is 73.1 Å². The van der Waals surface area contributed by atoms with Crippen LogP contribution >= 0.6 is 0 Å². The molecule has 0 aliphatic rings. The van der Waals surface area contributed by atoms with Crippen LogP contribution in [0.2, 0.25) is 0 Å². The van der Waals surface area contributed by atoms with Crippen molar-refractivity contribution >= 4 is 17.3 Å². The van der Waals surface area contributed by atoms with Crippen molar-refractivity contribution in [2.24, 2.45) is 0 Å². The Morgan fingerprint density at radius 2 is 1.95 bits per heavy atom. The average Bonchev–Trinajstić information content (AvgIpc) is 2.38. The van der Waals surface area contributed by atoms with Crippen LogP contribution in [0.4, 0.5) is 30.5 Å². The molecule has 8 heteroatoms. The Bertz CT molecular complexity index is 631. The van der Waals surface area contributed by atoms with Gasteiger partial charge in [0.25, 0.3) is 0 Å². The number of nitrogens with two attached hydrogens (primary N) is 1. The van der Waals surface area contributed by atoms with Gasteiger partial charge >= 0.3 is 6.36 Å². The molecule has 0 atom stereocenters. The van der Waals surface area contributed by atoms with E-state index in [-0.39, 0.29) is 17.3 Å². The molecular weight excluding hydrogens is 285 g/mol. The molecule has 1 aromatic heterocycles. The first-order valence-corrected chi connectivity index (χ1v) is 6.12. The number of halogens is 3. The highest BCUT2D eigenvalue weighted by Crippen LogP contribution is 2.31. The Morgan fingerprint density at radius 1 is 1.24 bits per heavy atom. The molecule has 2 aromatic rings. The molecule has 0 radical (unpaired) electrons. The highest BCUT2D eigenvalue weighted by atomic mass is 19.4. The second kappa shape index (κ2) is 5.86. The predicted molar refractivity (Wildman–Crippen MR) is 72.2 cm³/mol. The fraction of sp³-hybridized carbons (Fsp3) is 0.231. The second-order valence-corrected chi connectivity index (χ2v) is 4.12. The van der Waals surface area contributed by atoms with Crippen LogP contribution in [0.3, 0.4) is 0 Å². The van der Waals surface area contributed by atoms with Gasteiger partial charge in [-0.2, -0.15) is 0 Å². The summed E-state index contributed by atoms with van der Waals surface area (Å²) in [5.74, 6) is 0.683. The van der Waals surface area contributed by atoms with E-state index in [4.69, 9.17) is 5.73 Å². The number of ether oxygens (including phenoxy) is 1. The lowest BCUT2D eigenvalue weighted by molar-refractivity contribution is -0.274. The highest BCUT2D eigenvalue weighted by molar-refractivity contribution is 5.65. The van der Waals surface area contributed by atoms with E-state index in [1.807, 2.05) is 6.92 Å². The van der Waals surface area contributed by atoms with Crippen molar-refractivity contribution in [1.29, 1.82) is 0 Å². The molecule has 0 spiro atoms. The van der Waals surface area contributed by atoms with E-state index in [2.05, 4.69) is 20.0 Å². The molecule has 21 heavy (non-hydrogen) atoms. The van der Waals surface area contributed by atoms with Crippen LogP contribution in [0.15, 0.2) is 30.3 Å². The molecule has 0 saturated heterocycles. The molecule has 1 aromatic carbocycles. The molecule has 0 amide bonds. The molecule has 0 bridgehead atoms. The maximum Gasteiger partial charge on any atom is 0.573 e. The van der Waals surface area contributed by atoms with Crippen LogP contribution < -0.4 is 15.8 Å². The number of aryl methyl sites for hydroxylation is 1. The Balaban J connectivity index is 2.29. The molecule has 0 unspecified atom stereocenters. The molecule has 5 nitrogen and oxygen atoms in total. The molecule has 0 aliphatic heterocycles. The number of nitrogen functional groups attached to an aromatic ring is 1. The first-order chi connectivity index (χ1) is 9.87. The lowest BCUT2D eigenvalue weighted by Crippen LogP contribution is -2.18. The van der Waals surface area contributed by atoms with Gasteiger partial charge in [0.1, 0.15) is 17.5 Å². The highest BCUT2D eigenvalue weighted by Gasteiger charge is 2.32. The molecule has 3 N–H and O–H groups in total. The van der Waals surface area contributed by atoms with E-state index in [1.54, 1.807) is 6.07 Å². The number of aromatic nitrogens is 2. The predicted octanol–water partition coefficient (Wildman–Crippen LogP) is 3.26. The van der Waals surface area contributed by atoms with Crippen molar-refractivity contribution in [3.63, 3.8) is 0 Å².